The molecule has 0 atom stereocenters. The summed E-state index contributed by atoms with van der Waals surface area (Å²) in [6.45, 7) is 8.84. The first kappa shape index (κ1) is 25.9. The van der Waals surface area contributed by atoms with Gasteiger partial charge in [-0.15, -0.1) is 0 Å². The van der Waals surface area contributed by atoms with Gasteiger partial charge in [0.1, 0.15) is 16.2 Å². The van der Waals surface area contributed by atoms with E-state index in [0.717, 1.165) is 0 Å². The molecule has 2 amide bonds. The Morgan fingerprint density at radius 3 is 2.50 bits per heavy atom. The highest BCUT2D eigenvalue weighted by Gasteiger charge is 2.29. The van der Waals surface area contributed by atoms with E-state index in [2.05, 4.69) is 10.6 Å². The van der Waals surface area contributed by atoms with Crippen LogP contribution in [0.1, 0.15) is 40.5 Å². The molecule has 0 bridgehead atoms. The second-order valence-corrected chi connectivity index (χ2v) is 10.1. The normalized spacial score (nSPS) is 15.1. The van der Waals surface area contributed by atoms with Crippen LogP contribution in [0.25, 0.3) is 0 Å². The van der Waals surface area contributed by atoms with Gasteiger partial charge in [-0.3, -0.25) is 4.79 Å². The van der Waals surface area contributed by atoms with Crippen molar-refractivity contribution in [3.05, 3.63) is 18.2 Å². The summed E-state index contributed by atoms with van der Waals surface area (Å²) in [4.78, 5) is 23.9. The molecule has 0 radical (unpaired) electrons. The molecule has 0 saturated carbocycles. The summed E-state index contributed by atoms with van der Waals surface area (Å²) in [5.74, 6) is -0.0616. The number of morpholine rings is 1. The largest absolute Gasteiger partial charge is 0.492 e. The zero-order chi connectivity index (χ0) is 23.8. The van der Waals surface area contributed by atoms with Crippen LogP contribution in [0.3, 0.4) is 0 Å². The minimum Gasteiger partial charge on any atom is -0.492 e. The van der Waals surface area contributed by atoms with Crippen LogP contribution in [0.5, 0.6) is 5.75 Å². The number of benzene rings is 1. The van der Waals surface area contributed by atoms with Gasteiger partial charge in [0.05, 0.1) is 19.8 Å². The Morgan fingerprint density at radius 2 is 1.88 bits per heavy atom. The number of hydrogen-bond acceptors (Lipinski definition) is 7. The lowest BCUT2D eigenvalue weighted by Crippen LogP contribution is -2.40. The predicted molar refractivity (Wildman–Crippen MR) is 119 cm³/mol. The zero-order valence-corrected chi connectivity index (χ0v) is 19.9. The lowest BCUT2D eigenvalue weighted by Gasteiger charge is -2.27. The van der Waals surface area contributed by atoms with Crippen molar-refractivity contribution in [2.75, 3.05) is 44.8 Å². The zero-order valence-electron chi connectivity index (χ0n) is 19.1. The molecule has 11 heteroatoms. The average molecular weight is 472 g/mol. The van der Waals surface area contributed by atoms with Gasteiger partial charge < -0.3 is 24.8 Å². The van der Waals surface area contributed by atoms with Gasteiger partial charge >= 0.3 is 6.09 Å². The van der Waals surface area contributed by atoms with E-state index in [0.29, 0.717) is 31.9 Å². The Morgan fingerprint density at radius 1 is 1.19 bits per heavy atom. The first-order valence-electron chi connectivity index (χ1n) is 10.6. The summed E-state index contributed by atoms with van der Waals surface area (Å²) in [5.41, 5.74) is -0.237. The van der Waals surface area contributed by atoms with Crippen LogP contribution in [-0.4, -0.2) is 69.8 Å². The van der Waals surface area contributed by atoms with Gasteiger partial charge in [0.25, 0.3) is 0 Å². The topological polar surface area (TPSA) is 123 Å². The number of nitrogens with one attached hydrogen (secondary N) is 2. The molecule has 2 rings (SSSR count). The number of carbonyl (C=O) groups excluding carboxylic acids is 2. The van der Waals surface area contributed by atoms with E-state index in [9.17, 15) is 18.0 Å². The summed E-state index contributed by atoms with van der Waals surface area (Å²) >= 11 is 0. The van der Waals surface area contributed by atoms with Gasteiger partial charge in [-0.1, -0.05) is 0 Å². The van der Waals surface area contributed by atoms with Crippen molar-refractivity contribution in [3.63, 3.8) is 0 Å². The molecule has 1 aliphatic heterocycles. The van der Waals surface area contributed by atoms with E-state index in [4.69, 9.17) is 14.2 Å². The fourth-order valence-corrected chi connectivity index (χ4v) is 4.53. The Hall–Kier alpha value is -2.37. The third-order valence-corrected chi connectivity index (χ3v) is 6.28. The van der Waals surface area contributed by atoms with Crippen LogP contribution >= 0.6 is 0 Å². The SMILES string of the molecule is CCOc1ccc(NC(=O)CCCNC(=O)OC(C)(C)C)cc1S(=O)(=O)N1CCOCC1. The second kappa shape index (κ2) is 11.5. The maximum Gasteiger partial charge on any atom is 0.407 e. The van der Waals surface area contributed by atoms with Gasteiger partial charge in [0, 0.05) is 31.7 Å². The van der Waals surface area contributed by atoms with Crippen molar-refractivity contribution >= 4 is 27.7 Å². The van der Waals surface area contributed by atoms with E-state index in [-0.39, 0.29) is 42.6 Å². The van der Waals surface area contributed by atoms with Crippen molar-refractivity contribution in [2.24, 2.45) is 0 Å². The van der Waals surface area contributed by atoms with Gasteiger partial charge in [-0.05, 0) is 52.3 Å². The summed E-state index contributed by atoms with van der Waals surface area (Å²) in [5, 5.41) is 5.30. The summed E-state index contributed by atoms with van der Waals surface area (Å²) in [6.07, 6.45) is 0.0117. The Balaban J connectivity index is 1.99. The van der Waals surface area contributed by atoms with Crippen molar-refractivity contribution in [2.45, 2.75) is 51.0 Å². The molecular formula is C21H33N3O7S. The molecule has 1 aromatic carbocycles. The smallest absolute Gasteiger partial charge is 0.407 e. The molecule has 0 spiro atoms. The molecule has 2 N–H and O–H groups in total. The molecular weight excluding hydrogens is 438 g/mol. The van der Waals surface area contributed by atoms with Crippen LogP contribution in [0.4, 0.5) is 10.5 Å². The number of alkyl carbamates (subject to hydrolysis) is 1. The van der Waals surface area contributed by atoms with Gasteiger partial charge in [-0.25, -0.2) is 13.2 Å². The molecule has 0 aliphatic carbocycles. The molecule has 32 heavy (non-hydrogen) atoms. The minimum absolute atomic E-state index is 0.00522. The Labute approximate surface area is 189 Å². The molecule has 1 aromatic rings. The molecule has 1 aliphatic rings. The number of sulfonamides is 1. The molecule has 1 heterocycles. The highest BCUT2D eigenvalue weighted by molar-refractivity contribution is 7.89. The van der Waals surface area contributed by atoms with Crippen molar-refractivity contribution in [1.82, 2.24) is 9.62 Å². The molecule has 10 nitrogen and oxygen atoms in total. The van der Waals surface area contributed by atoms with Crippen LogP contribution < -0.4 is 15.4 Å². The fraction of sp³-hybridized carbons (Fsp3) is 0.619. The van der Waals surface area contributed by atoms with Crippen molar-refractivity contribution in [3.8, 4) is 5.75 Å². The van der Waals surface area contributed by atoms with Crippen LogP contribution in [-0.2, 0) is 24.3 Å². The van der Waals surface area contributed by atoms with Crippen molar-refractivity contribution in [1.29, 1.82) is 0 Å². The van der Waals surface area contributed by atoms with Crippen molar-refractivity contribution < 1.29 is 32.2 Å². The summed E-state index contributed by atoms with van der Waals surface area (Å²) in [6, 6.07) is 4.54. The number of rotatable bonds is 9. The molecule has 1 fully saturated rings. The monoisotopic (exact) mass is 471 g/mol. The van der Waals surface area contributed by atoms with E-state index in [1.807, 2.05) is 0 Å². The van der Waals surface area contributed by atoms with Gasteiger partial charge in [0.15, 0.2) is 0 Å². The highest BCUT2D eigenvalue weighted by Crippen LogP contribution is 2.30. The highest BCUT2D eigenvalue weighted by atomic mass is 32.2. The molecule has 180 valence electrons. The third kappa shape index (κ3) is 7.95. The first-order valence-corrected chi connectivity index (χ1v) is 12.1. The number of nitrogens with zero attached hydrogens (tertiary/aromatic N) is 1. The Kier molecular flexibility index (Phi) is 9.29. The number of anilines is 1. The quantitative estimate of drug-likeness (QED) is 0.530. The maximum absolute atomic E-state index is 13.1. The molecule has 1 saturated heterocycles. The summed E-state index contributed by atoms with van der Waals surface area (Å²) < 4.78 is 43.5. The average Bonchev–Trinajstić information content (AvgIpc) is 2.72. The van der Waals surface area contributed by atoms with Crippen LogP contribution in [0.15, 0.2) is 23.1 Å². The molecule has 0 aromatic heterocycles. The van der Waals surface area contributed by atoms with Crippen LogP contribution in [0.2, 0.25) is 0 Å². The van der Waals surface area contributed by atoms with E-state index in [1.165, 1.54) is 16.4 Å². The van der Waals surface area contributed by atoms with E-state index >= 15 is 0 Å². The van der Waals surface area contributed by atoms with Crippen LogP contribution in [0, 0.1) is 0 Å². The van der Waals surface area contributed by atoms with Gasteiger partial charge in [0.2, 0.25) is 15.9 Å². The standard InChI is InChI=1S/C21H33N3O7S/c1-5-30-17-9-8-16(15-18(17)32(27,28)24-11-13-29-14-12-24)23-19(25)7-6-10-22-20(26)31-21(2,3)4/h8-9,15H,5-7,10-14H2,1-4H3,(H,22,26)(H,23,25). The molecule has 0 unspecified atom stereocenters. The lowest BCUT2D eigenvalue weighted by atomic mass is 10.2. The Bertz CT molecular complexity index is 891. The first-order chi connectivity index (χ1) is 15.0. The summed E-state index contributed by atoms with van der Waals surface area (Å²) in [7, 11) is -3.80. The number of hydrogen-bond donors (Lipinski definition) is 2. The fourth-order valence-electron chi connectivity index (χ4n) is 2.97. The van der Waals surface area contributed by atoms with E-state index in [1.54, 1.807) is 33.8 Å². The predicted octanol–water partition coefficient (Wildman–Crippen LogP) is 2.35. The lowest BCUT2D eigenvalue weighted by molar-refractivity contribution is -0.116. The van der Waals surface area contributed by atoms with Gasteiger partial charge in [-0.2, -0.15) is 4.31 Å². The van der Waals surface area contributed by atoms with E-state index < -0.39 is 21.7 Å². The third-order valence-electron chi connectivity index (χ3n) is 4.36. The number of carbonyl (C=O) groups is 2. The maximum atomic E-state index is 13.1. The minimum atomic E-state index is -3.80. The number of ether oxygens (including phenoxy) is 3. The second-order valence-electron chi connectivity index (χ2n) is 8.19. The number of amides is 2.